The van der Waals surface area contributed by atoms with E-state index in [-0.39, 0.29) is 0 Å². The van der Waals surface area contributed by atoms with E-state index in [1.807, 2.05) is 0 Å². The number of likely N-dealkylation sites (tertiary alicyclic amines) is 1. The van der Waals surface area contributed by atoms with Crippen molar-refractivity contribution in [2.75, 3.05) is 20.1 Å². The summed E-state index contributed by atoms with van der Waals surface area (Å²) >= 11 is 0. The first-order chi connectivity index (χ1) is 8.15. The summed E-state index contributed by atoms with van der Waals surface area (Å²) in [5.74, 6) is 1.14. The third kappa shape index (κ3) is 1.75. The third-order valence-corrected chi connectivity index (χ3v) is 3.75. The van der Waals surface area contributed by atoms with Crippen LogP contribution in [0.1, 0.15) is 23.9 Å². The molecule has 3 nitrogen and oxygen atoms in total. The lowest BCUT2D eigenvalue weighted by Gasteiger charge is -2.15. The van der Waals surface area contributed by atoms with Gasteiger partial charge in [-0.05, 0) is 51.6 Å². The molecule has 0 saturated carbocycles. The first-order valence-electron chi connectivity index (χ1n) is 6.29. The van der Waals surface area contributed by atoms with Gasteiger partial charge in [0.1, 0.15) is 5.82 Å². The molecule has 0 aliphatic carbocycles. The van der Waals surface area contributed by atoms with Gasteiger partial charge >= 0.3 is 0 Å². The number of benzene rings is 1. The molecule has 1 aromatic carbocycles. The van der Waals surface area contributed by atoms with Crippen molar-refractivity contribution < 1.29 is 0 Å². The Morgan fingerprint density at radius 3 is 2.82 bits per heavy atom. The van der Waals surface area contributed by atoms with Gasteiger partial charge in [-0.3, -0.25) is 0 Å². The number of hydrogen-bond donors (Lipinski definition) is 0. The molecule has 1 saturated heterocycles. The quantitative estimate of drug-likeness (QED) is 0.749. The van der Waals surface area contributed by atoms with Crippen LogP contribution in [-0.2, 0) is 0 Å². The van der Waals surface area contributed by atoms with Gasteiger partial charge in [0.05, 0.1) is 11.0 Å². The number of fused-ring (bicyclic) bond motifs is 1. The molecule has 1 fully saturated rings. The van der Waals surface area contributed by atoms with Crippen molar-refractivity contribution in [1.82, 2.24) is 14.5 Å². The average Bonchev–Trinajstić information content (AvgIpc) is 2.81. The van der Waals surface area contributed by atoms with E-state index < -0.39 is 0 Å². The van der Waals surface area contributed by atoms with E-state index in [4.69, 9.17) is 0 Å². The molecular weight excluding hydrogens is 210 g/mol. The number of nitrogens with zero attached hydrogens (tertiary/aromatic N) is 3. The molecule has 90 valence electrons. The van der Waals surface area contributed by atoms with Gasteiger partial charge in [-0.25, -0.2) is 4.98 Å². The highest BCUT2D eigenvalue weighted by Gasteiger charge is 2.23. The minimum atomic E-state index is 0.590. The Labute approximate surface area is 102 Å². The topological polar surface area (TPSA) is 21.1 Å². The van der Waals surface area contributed by atoms with Crippen LogP contribution in [0.5, 0.6) is 0 Å². The summed E-state index contributed by atoms with van der Waals surface area (Å²) < 4.78 is 2.42. The smallest absolute Gasteiger partial charge is 0.107 e. The van der Waals surface area contributed by atoms with E-state index in [0.29, 0.717) is 6.04 Å². The van der Waals surface area contributed by atoms with E-state index in [9.17, 15) is 0 Å². The lowest BCUT2D eigenvalue weighted by Crippen LogP contribution is -2.17. The number of aryl methyl sites for hydroxylation is 2. The molecule has 3 rings (SSSR count). The predicted molar refractivity (Wildman–Crippen MR) is 70.4 cm³/mol. The Balaban J connectivity index is 2.14. The van der Waals surface area contributed by atoms with E-state index >= 15 is 0 Å². The second-order valence-corrected chi connectivity index (χ2v) is 5.23. The lowest BCUT2D eigenvalue weighted by atomic mass is 10.2. The summed E-state index contributed by atoms with van der Waals surface area (Å²) in [6.07, 6.45) is 1.23. The van der Waals surface area contributed by atoms with E-state index in [0.717, 1.165) is 17.9 Å². The van der Waals surface area contributed by atoms with Crippen molar-refractivity contribution in [3.8, 4) is 0 Å². The van der Waals surface area contributed by atoms with Gasteiger partial charge in [0.15, 0.2) is 0 Å². The summed E-state index contributed by atoms with van der Waals surface area (Å²) in [6.45, 7) is 6.59. The molecule has 1 aliphatic heterocycles. The number of likely N-dealkylation sites (N-methyl/N-ethyl adjacent to an activating group) is 1. The molecule has 0 spiro atoms. The molecule has 1 atom stereocenters. The van der Waals surface area contributed by atoms with Crippen molar-refractivity contribution in [1.29, 1.82) is 0 Å². The molecule has 0 N–H and O–H groups in total. The highest BCUT2D eigenvalue weighted by molar-refractivity contribution is 5.77. The fourth-order valence-electron chi connectivity index (χ4n) is 2.91. The highest BCUT2D eigenvalue weighted by atomic mass is 15.2. The maximum absolute atomic E-state index is 4.67. The van der Waals surface area contributed by atoms with Crippen molar-refractivity contribution in [3.05, 3.63) is 29.6 Å². The zero-order valence-corrected chi connectivity index (χ0v) is 10.8. The first-order valence-corrected chi connectivity index (χ1v) is 6.29. The van der Waals surface area contributed by atoms with Crippen molar-refractivity contribution in [2.45, 2.75) is 26.3 Å². The molecule has 0 amide bonds. The average molecular weight is 229 g/mol. The molecule has 2 heterocycles. The molecule has 0 radical (unpaired) electrons. The number of imidazole rings is 1. The molecule has 17 heavy (non-hydrogen) atoms. The predicted octanol–water partition coefficient (Wildman–Crippen LogP) is 2.53. The molecule has 0 unspecified atom stereocenters. The summed E-state index contributed by atoms with van der Waals surface area (Å²) in [7, 11) is 2.19. The molecule has 1 aromatic heterocycles. The normalized spacial score (nSPS) is 21.5. The van der Waals surface area contributed by atoms with Crippen LogP contribution in [0.2, 0.25) is 0 Å². The minimum absolute atomic E-state index is 0.590. The Bertz CT molecular complexity index is 556. The maximum Gasteiger partial charge on any atom is 0.107 e. The Morgan fingerprint density at radius 1 is 1.29 bits per heavy atom. The summed E-state index contributed by atoms with van der Waals surface area (Å²) in [6, 6.07) is 7.12. The zero-order chi connectivity index (χ0) is 12.0. The van der Waals surface area contributed by atoms with Gasteiger partial charge in [0, 0.05) is 12.6 Å². The fourth-order valence-corrected chi connectivity index (χ4v) is 2.91. The molecular formula is C14H19N3. The van der Waals surface area contributed by atoms with Crippen LogP contribution in [0.15, 0.2) is 18.2 Å². The van der Waals surface area contributed by atoms with Crippen LogP contribution in [0.4, 0.5) is 0 Å². The van der Waals surface area contributed by atoms with Gasteiger partial charge < -0.3 is 9.47 Å². The monoisotopic (exact) mass is 229 g/mol. The van der Waals surface area contributed by atoms with Crippen LogP contribution in [0.25, 0.3) is 11.0 Å². The molecule has 2 aromatic rings. The Kier molecular flexibility index (Phi) is 2.44. The number of hydrogen-bond acceptors (Lipinski definition) is 2. The van der Waals surface area contributed by atoms with Crippen LogP contribution >= 0.6 is 0 Å². The highest BCUT2D eigenvalue weighted by Crippen LogP contribution is 2.27. The van der Waals surface area contributed by atoms with Gasteiger partial charge in [0.2, 0.25) is 0 Å². The van der Waals surface area contributed by atoms with Crippen LogP contribution in [-0.4, -0.2) is 34.6 Å². The second kappa shape index (κ2) is 3.84. The summed E-state index contributed by atoms with van der Waals surface area (Å²) in [5, 5.41) is 0. The van der Waals surface area contributed by atoms with Crippen molar-refractivity contribution >= 4 is 11.0 Å². The largest absolute Gasteiger partial charge is 0.324 e. The standard InChI is InChI=1S/C14H19N3/c1-10-4-5-13-14(8-10)17(11(2)15-13)12-6-7-16(3)9-12/h4-5,8,12H,6-7,9H2,1-3H3/t12-/m0/s1. The van der Waals surface area contributed by atoms with Crippen LogP contribution < -0.4 is 0 Å². The Hall–Kier alpha value is -1.35. The maximum atomic E-state index is 4.67. The number of aromatic nitrogens is 2. The van der Waals surface area contributed by atoms with Crippen LogP contribution in [0.3, 0.4) is 0 Å². The summed E-state index contributed by atoms with van der Waals surface area (Å²) in [4.78, 5) is 7.06. The van der Waals surface area contributed by atoms with Gasteiger partial charge in [-0.1, -0.05) is 6.07 Å². The molecule has 0 bridgehead atoms. The van der Waals surface area contributed by atoms with Gasteiger partial charge in [-0.2, -0.15) is 0 Å². The third-order valence-electron chi connectivity index (χ3n) is 3.75. The van der Waals surface area contributed by atoms with Crippen LogP contribution in [0, 0.1) is 13.8 Å². The van der Waals surface area contributed by atoms with E-state index in [2.05, 4.69) is 53.5 Å². The lowest BCUT2D eigenvalue weighted by molar-refractivity contribution is 0.393. The van der Waals surface area contributed by atoms with Crippen molar-refractivity contribution in [3.63, 3.8) is 0 Å². The van der Waals surface area contributed by atoms with Gasteiger partial charge in [0.25, 0.3) is 0 Å². The molecule has 1 aliphatic rings. The Morgan fingerprint density at radius 2 is 2.12 bits per heavy atom. The number of rotatable bonds is 1. The van der Waals surface area contributed by atoms with E-state index in [1.165, 1.54) is 24.0 Å². The SMILES string of the molecule is Cc1ccc2nc(C)n([C@H]3CCN(C)C3)c2c1. The second-order valence-electron chi connectivity index (χ2n) is 5.23. The van der Waals surface area contributed by atoms with Gasteiger partial charge in [-0.15, -0.1) is 0 Å². The fraction of sp³-hybridized carbons (Fsp3) is 0.500. The first kappa shape index (κ1) is 10.8. The zero-order valence-electron chi connectivity index (χ0n) is 10.8. The van der Waals surface area contributed by atoms with E-state index in [1.54, 1.807) is 0 Å². The molecule has 3 heteroatoms. The summed E-state index contributed by atoms with van der Waals surface area (Å²) in [5.41, 5.74) is 3.73. The van der Waals surface area contributed by atoms with Crippen molar-refractivity contribution in [2.24, 2.45) is 0 Å². The minimum Gasteiger partial charge on any atom is -0.324 e.